The van der Waals surface area contributed by atoms with Gasteiger partial charge in [0.25, 0.3) is 0 Å². The molecular formula is C15H13F2NO. The topological polar surface area (TPSA) is 29.1 Å². The molecule has 0 spiro atoms. The van der Waals surface area contributed by atoms with Crippen LogP contribution in [0.1, 0.15) is 11.1 Å². The molecule has 0 aromatic heterocycles. The highest BCUT2D eigenvalue weighted by Gasteiger charge is 2.08. The van der Waals surface area contributed by atoms with Crippen molar-refractivity contribution in [2.24, 2.45) is 0 Å². The number of benzene rings is 2. The highest BCUT2D eigenvalue weighted by Crippen LogP contribution is 2.15. The minimum Gasteiger partial charge on any atom is -0.323 e. The molecule has 2 nitrogen and oxygen atoms in total. The summed E-state index contributed by atoms with van der Waals surface area (Å²) in [5.74, 6) is -1.63. The van der Waals surface area contributed by atoms with Crippen LogP contribution < -0.4 is 5.32 Å². The summed E-state index contributed by atoms with van der Waals surface area (Å²) < 4.78 is 26.3. The van der Waals surface area contributed by atoms with E-state index in [1.165, 1.54) is 0 Å². The number of anilines is 1. The van der Waals surface area contributed by atoms with Crippen LogP contribution in [0.15, 0.2) is 42.5 Å². The largest absolute Gasteiger partial charge is 0.323 e. The zero-order valence-corrected chi connectivity index (χ0v) is 10.4. The quantitative estimate of drug-likeness (QED) is 0.900. The van der Waals surface area contributed by atoms with Crippen LogP contribution in [0.4, 0.5) is 14.5 Å². The van der Waals surface area contributed by atoms with Crippen LogP contribution in [0.5, 0.6) is 0 Å². The zero-order chi connectivity index (χ0) is 13.8. The molecule has 0 fully saturated rings. The monoisotopic (exact) mass is 261 g/mol. The lowest BCUT2D eigenvalue weighted by Crippen LogP contribution is -2.15. The Morgan fingerprint density at radius 1 is 1.11 bits per heavy atom. The third-order valence-electron chi connectivity index (χ3n) is 2.69. The van der Waals surface area contributed by atoms with E-state index in [1.807, 2.05) is 31.2 Å². The summed E-state index contributed by atoms with van der Waals surface area (Å²) in [5, 5.41) is 2.36. The summed E-state index contributed by atoms with van der Waals surface area (Å²) in [6.07, 6.45) is 0.121. The van der Waals surface area contributed by atoms with Gasteiger partial charge in [0.2, 0.25) is 5.91 Å². The molecule has 0 atom stereocenters. The first-order valence-electron chi connectivity index (χ1n) is 5.85. The number of carbonyl (C=O) groups is 1. The average Bonchev–Trinajstić information content (AvgIpc) is 2.37. The van der Waals surface area contributed by atoms with Crippen LogP contribution in [0.2, 0.25) is 0 Å². The number of amides is 1. The maximum absolute atomic E-state index is 13.3. The van der Waals surface area contributed by atoms with Crippen LogP contribution in [-0.2, 0) is 11.2 Å². The van der Waals surface area contributed by atoms with E-state index in [0.717, 1.165) is 29.3 Å². The number of aryl methyl sites for hydroxylation is 1. The van der Waals surface area contributed by atoms with Crippen LogP contribution in [0, 0.1) is 18.6 Å². The van der Waals surface area contributed by atoms with Crippen molar-refractivity contribution in [2.45, 2.75) is 13.3 Å². The summed E-state index contributed by atoms with van der Waals surface area (Å²) >= 11 is 0. The second-order valence-electron chi connectivity index (χ2n) is 4.33. The maximum Gasteiger partial charge on any atom is 0.228 e. The number of hydrogen-bond donors (Lipinski definition) is 1. The molecule has 2 aromatic carbocycles. The van der Waals surface area contributed by atoms with Gasteiger partial charge in [0.1, 0.15) is 11.6 Å². The fourth-order valence-electron chi connectivity index (χ4n) is 1.68. The minimum absolute atomic E-state index is 0.121. The second kappa shape index (κ2) is 5.61. The Bertz CT molecular complexity index is 594. The van der Waals surface area contributed by atoms with Gasteiger partial charge in [-0.15, -0.1) is 0 Å². The normalized spacial score (nSPS) is 10.3. The molecule has 1 N–H and O–H groups in total. The molecule has 0 aliphatic heterocycles. The molecule has 0 saturated heterocycles. The van der Waals surface area contributed by atoms with E-state index < -0.39 is 11.6 Å². The lowest BCUT2D eigenvalue weighted by molar-refractivity contribution is -0.115. The fraction of sp³-hybridized carbons (Fsp3) is 0.133. The SMILES string of the molecule is Cc1ccc(CC(=O)Nc2cc(F)ccc2F)cc1. The number of halogens is 2. The summed E-state index contributed by atoms with van der Waals surface area (Å²) in [7, 11) is 0. The van der Waals surface area contributed by atoms with Gasteiger partial charge in [0.05, 0.1) is 12.1 Å². The molecule has 98 valence electrons. The molecule has 2 rings (SSSR count). The third-order valence-corrected chi connectivity index (χ3v) is 2.69. The summed E-state index contributed by atoms with van der Waals surface area (Å²) in [6.45, 7) is 1.95. The Hall–Kier alpha value is -2.23. The van der Waals surface area contributed by atoms with E-state index in [4.69, 9.17) is 0 Å². The molecule has 0 heterocycles. The summed E-state index contributed by atoms with van der Waals surface area (Å²) in [6, 6.07) is 10.4. The zero-order valence-electron chi connectivity index (χ0n) is 10.4. The van der Waals surface area contributed by atoms with Gasteiger partial charge in [-0.25, -0.2) is 8.78 Å². The van der Waals surface area contributed by atoms with Crippen molar-refractivity contribution in [3.8, 4) is 0 Å². The van der Waals surface area contributed by atoms with E-state index in [9.17, 15) is 13.6 Å². The van der Waals surface area contributed by atoms with Crippen molar-refractivity contribution < 1.29 is 13.6 Å². The standard InChI is InChI=1S/C15H13F2NO/c1-10-2-4-11(5-3-10)8-15(19)18-14-9-12(16)6-7-13(14)17/h2-7,9H,8H2,1H3,(H,18,19). The smallest absolute Gasteiger partial charge is 0.228 e. The molecule has 1 amide bonds. The van der Waals surface area contributed by atoms with Crippen LogP contribution in [-0.4, -0.2) is 5.91 Å². The average molecular weight is 261 g/mol. The van der Waals surface area contributed by atoms with Gasteiger partial charge in [-0.05, 0) is 24.6 Å². The first-order valence-corrected chi connectivity index (χ1v) is 5.85. The molecular weight excluding hydrogens is 248 g/mol. The van der Waals surface area contributed by atoms with Gasteiger partial charge in [-0.3, -0.25) is 4.79 Å². The molecule has 2 aromatic rings. The highest BCUT2D eigenvalue weighted by atomic mass is 19.1. The molecule has 0 aliphatic rings. The lowest BCUT2D eigenvalue weighted by Gasteiger charge is -2.07. The van der Waals surface area contributed by atoms with Crippen LogP contribution in [0.25, 0.3) is 0 Å². The molecule has 0 unspecified atom stereocenters. The number of rotatable bonds is 3. The van der Waals surface area contributed by atoms with Crippen molar-refractivity contribution >= 4 is 11.6 Å². The van der Waals surface area contributed by atoms with Gasteiger partial charge < -0.3 is 5.32 Å². The van der Waals surface area contributed by atoms with Crippen LogP contribution in [0.3, 0.4) is 0 Å². The first-order chi connectivity index (χ1) is 9.04. The molecule has 0 saturated carbocycles. The highest BCUT2D eigenvalue weighted by molar-refractivity contribution is 5.92. The third kappa shape index (κ3) is 3.61. The predicted molar refractivity (Wildman–Crippen MR) is 69.9 cm³/mol. The van der Waals surface area contributed by atoms with Crippen molar-refractivity contribution in [3.63, 3.8) is 0 Å². The number of hydrogen-bond acceptors (Lipinski definition) is 1. The van der Waals surface area contributed by atoms with Gasteiger partial charge in [-0.1, -0.05) is 29.8 Å². The predicted octanol–water partition coefficient (Wildman–Crippen LogP) is 3.45. The number of nitrogens with one attached hydrogen (secondary N) is 1. The molecule has 0 radical (unpaired) electrons. The summed E-state index contributed by atoms with van der Waals surface area (Å²) in [4.78, 5) is 11.7. The van der Waals surface area contributed by atoms with Crippen molar-refractivity contribution in [2.75, 3.05) is 5.32 Å². The van der Waals surface area contributed by atoms with Crippen molar-refractivity contribution in [1.29, 1.82) is 0 Å². The van der Waals surface area contributed by atoms with Crippen molar-refractivity contribution in [1.82, 2.24) is 0 Å². The Kier molecular flexibility index (Phi) is 3.90. The Morgan fingerprint density at radius 2 is 1.79 bits per heavy atom. The van der Waals surface area contributed by atoms with E-state index >= 15 is 0 Å². The van der Waals surface area contributed by atoms with Gasteiger partial charge in [0.15, 0.2) is 0 Å². The summed E-state index contributed by atoms with van der Waals surface area (Å²) in [5.41, 5.74) is 1.78. The molecule has 4 heteroatoms. The molecule has 19 heavy (non-hydrogen) atoms. The van der Waals surface area contributed by atoms with Gasteiger partial charge in [0, 0.05) is 6.07 Å². The van der Waals surface area contributed by atoms with Gasteiger partial charge in [-0.2, -0.15) is 0 Å². The van der Waals surface area contributed by atoms with Crippen LogP contribution >= 0.6 is 0 Å². The van der Waals surface area contributed by atoms with E-state index in [0.29, 0.717) is 0 Å². The van der Waals surface area contributed by atoms with E-state index in [2.05, 4.69) is 5.32 Å². The molecule has 0 bridgehead atoms. The number of carbonyl (C=O) groups excluding carboxylic acids is 1. The van der Waals surface area contributed by atoms with Gasteiger partial charge >= 0.3 is 0 Å². The van der Waals surface area contributed by atoms with Crippen molar-refractivity contribution in [3.05, 3.63) is 65.2 Å². The minimum atomic E-state index is -0.654. The molecule has 0 aliphatic carbocycles. The van der Waals surface area contributed by atoms with E-state index in [-0.39, 0.29) is 18.0 Å². The van der Waals surface area contributed by atoms with E-state index in [1.54, 1.807) is 0 Å². The Morgan fingerprint density at radius 3 is 2.47 bits per heavy atom. The lowest BCUT2D eigenvalue weighted by atomic mass is 10.1. The Balaban J connectivity index is 2.05. The maximum atomic E-state index is 13.3. The fourth-order valence-corrected chi connectivity index (χ4v) is 1.68. The second-order valence-corrected chi connectivity index (χ2v) is 4.33. The first kappa shape index (κ1) is 13.2. The Labute approximate surface area is 110 Å².